The molecule has 2 aliphatic carbocycles. The topological polar surface area (TPSA) is 282 Å². The number of carboxylic acid groups (broad SMARTS) is 1. The summed E-state index contributed by atoms with van der Waals surface area (Å²) in [5, 5.41) is 30.2. The number of amides is 2. The van der Waals surface area contributed by atoms with Crippen molar-refractivity contribution < 1.29 is 46.3 Å². The normalized spacial score (nSPS) is 28.2. The predicted octanol–water partition coefficient (Wildman–Crippen LogP) is 0.318. The summed E-state index contributed by atoms with van der Waals surface area (Å²) in [4.78, 5) is 48.3. The number of carbonyl (C=O) groups is 3. The average molecular weight is 721 g/mol. The molecule has 4 aliphatic rings. The number of nitrogens with zero attached hydrogens (tertiary/aromatic N) is 3. The summed E-state index contributed by atoms with van der Waals surface area (Å²) in [7, 11) is -5.03. The number of carbonyl (C=O) groups excluding carboxylic acids is 2. The highest BCUT2D eigenvalue weighted by Gasteiger charge is 2.60. The number of nitrogens with one attached hydrogen (secondary N) is 3. The number of nitrogens with two attached hydrogens (primary N) is 2. The van der Waals surface area contributed by atoms with Crippen LogP contribution in [0.25, 0.3) is 0 Å². The monoisotopic (exact) mass is 720 g/mol. The lowest BCUT2D eigenvalue weighted by atomic mass is 9.76. The first kappa shape index (κ1) is 34.5. The molecule has 3 fully saturated rings. The largest absolute Gasteiger partial charge is 0.485 e. The van der Waals surface area contributed by atoms with Gasteiger partial charge in [0.2, 0.25) is 0 Å². The number of carboxylic acids is 1. The Labute approximate surface area is 284 Å². The van der Waals surface area contributed by atoms with E-state index in [1.165, 1.54) is 26.2 Å². The molecule has 1 aromatic heterocycles. The highest BCUT2D eigenvalue weighted by Crippen LogP contribution is 2.59. The van der Waals surface area contributed by atoms with Gasteiger partial charge >= 0.3 is 16.4 Å². The molecule has 49 heavy (non-hydrogen) atoms. The number of hydrogen-bond acceptors (Lipinski definition) is 14. The molecule has 1 unspecified atom stereocenters. The summed E-state index contributed by atoms with van der Waals surface area (Å²) >= 11 is 0.964. The number of hydrogen-bond donors (Lipinski definition) is 7. The van der Waals surface area contributed by atoms with Crippen molar-refractivity contribution >= 4 is 56.2 Å². The van der Waals surface area contributed by atoms with Gasteiger partial charge in [0.25, 0.3) is 17.4 Å². The SMILES string of the molecule is CC(O/N=C(\C(=O)N[C@@H]1C(=O)N(OS(=O)(=O)O)C1(C)C)c1csc(N)n1)(C(=O)O)[C@H]1CCc2cc(C(=N)NC3CC4(C3)C[C@@H]4N)ccc2O1. The molecule has 9 N–H and O–H groups in total. The molecule has 1 saturated heterocycles. The van der Waals surface area contributed by atoms with Crippen molar-refractivity contribution in [2.75, 3.05) is 5.73 Å². The van der Waals surface area contributed by atoms with Crippen LogP contribution in [-0.2, 0) is 40.3 Å². The number of rotatable bonds is 11. The maximum absolute atomic E-state index is 13.4. The summed E-state index contributed by atoms with van der Waals surface area (Å²) in [6, 6.07) is 4.33. The van der Waals surface area contributed by atoms with Gasteiger partial charge in [-0.15, -0.1) is 15.6 Å². The Bertz CT molecular complexity index is 1870. The fourth-order valence-electron chi connectivity index (χ4n) is 6.49. The zero-order valence-electron chi connectivity index (χ0n) is 26.6. The van der Waals surface area contributed by atoms with E-state index in [4.69, 9.17) is 31.0 Å². The number of aliphatic carboxylic acids is 1. The summed E-state index contributed by atoms with van der Waals surface area (Å²) in [5.74, 6) is -2.76. The molecule has 18 nitrogen and oxygen atoms in total. The second-order valence-electron chi connectivity index (χ2n) is 13.5. The van der Waals surface area contributed by atoms with Crippen molar-refractivity contribution in [3.63, 3.8) is 0 Å². The van der Waals surface area contributed by atoms with Gasteiger partial charge in [0.1, 0.15) is 23.3 Å². The number of oxime groups is 1. The zero-order valence-corrected chi connectivity index (χ0v) is 28.3. The van der Waals surface area contributed by atoms with Crippen molar-refractivity contribution in [3.8, 4) is 5.75 Å². The number of hydroxylamine groups is 2. The first-order chi connectivity index (χ1) is 22.8. The molecule has 4 atom stereocenters. The van der Waals surface area contributed by atoms with Crippen LogP contribution >= 0.6 is 11.3 Å². The minimum atomic E-state index is -5.03. The van der Waals surface area contributed by atoms with E-state index in [-0.39, 0.29) is 40.6 Å². The van der Waals surface area contributed by atoms with Crippen LogP contribution in [0.2, 0.25) is 0 Å². The molecule has 0 radical (unpaired) electrons. The lowest BCUT2D eigenvalue weighted by molar-refractivity contribution is -0.218. The standard InChI is InChI=1S/C29H36N8O10S2/c1-27(2)21(24(39)37(27)47-49(42,43)44)35-23(38)20(16-12-48-26(32)34-16)36-46-28(3,25(40)41)19-7-5-13-8-14(4-6-17(13)45-19)22(31)33-15-9-29(10-15)11-18(29)30/h4,6,8,12,15,18-19,21H,5,7,9-11,30H2,1-3H3,(H2,31,33)(H2,32,34)(H,35,38)(H,40,41)(H,42,43,44)/b36-20-/t15?,18-,19+,21+,28?,29?/m0/s1. The van der Waals surface area contributed by atoms with Crippen LogP contribution in [0.5, 0.6) is 5.75 Å². The molecule has 0 bridgehead atoms. The molecule has 2 saturated carbocycles. The van der Waals surface area contributed by atoms with Crippen LogP contribution in [0.1, 0.15) is 63.3 Å². The fraction of sp³-hybridized carbons (Fsp3) is 0.517. The zero-order chi connectivity index (χ0) is 35.7. The van der Waals surface area contributed by atoms with Gasteiger partial charge in [-0.2, -0.15) is 13.5 Å². The van der Waals surface area contributed by atoms with E-state index in [9.17, 15) is 27.9 Å². The highest BCUT2D eigenvalue weighted by molar-refractivity contribution is 7.80. The van der Waals surface area contributed by atoms with Crippen LogP contribution in [0.3, 0.4) is 0 Å². The molecule has 20 heteroatoms. The van der Waals surface area contributed by atoms with E-state index in [2.05, 4.69) is 25.1 Å². The Morgan fingerprint density at radius 3 is 2.53 bits per heavy atom. The Morgan fingerprint density at radius 1 is 1.27 bits per heavy atom. The summed E-state index contributed by atoms with van der Waals surface area (Å²) < 4.78 is 41.7. The van der Waals surface area contributed by atoms with Crippen LogP contribution in [0, 0.1) is 10.8 Å². The van der Waals surface area contributed by atoms with E-state index in [0.717, 1.165) is 36.2 Å². The number of benzene rings is 1. The molecule has 2 aromatic rings. The number of amidine groups is 1. The third kappa shape index (κ3) is 6.41. The number of aromatic nitrogens is 1. The molecule has 1 spiro atoms. The van der Waals surface area contributed by atoms with E-state index >= 15 is 0 Å². The molecule has 2 aliphatic heterocycles. The minimum absolute atomic E-state index is 0.0582. The molecular weight excluding hydrogens is 684 g/mol. The number of fused-ring (bicyclic) bond motifs is 1. The molecule has 264 valence electrons. The van der Waals surface area contributed by atoms with Crippen LogP contribution in [0.4, 0.5) is 5.13 Å². The van der Waals surface area contributed by atoms with Crippen molar-refractivity contribution in [2.45, 2.75) is 88.2 Å². The van der Waals surface area contributed by atoms with E-state index < -0.39 is 57.2 Å². The molecule has 3 heterocycles. The van der Waals surface area contributed by atoms with E-state index in [1.54, 1.807) is 12.1 Å². The maximum Gasteiger partial charge on any atom is 0.418 e. The van der Waals surface area contributed by atoms with Crippen molar-refractivity contribution in [3.05, 3.63) is 40.4 Å². The Hall–Kier alpha value is -4.37. The number of anilines is 1. The van der Waals surface area contributed by atoms with Crippen molar-refractivity contribution in [1.82, 2.24) is 20.7 Å². The number of aryl methyl sites for hydroxylation is 1. The average Bonchev–Trinajstić information content (AvgIpc) is 3.50. The molecule has 1 aromatic carbocycles. The predicted molar refractivity (Wildman–Crippen MR) is 173 cm³/mol. The first-order valence-electron chi connectivity index (χ1n) is 15.3. The molecule has 2 amide bonds. The molecule has 6 rings (SSSR count). The first-order valence-corrected chi connectivity index (χ1v) is 17.5. The fourth-order valence-corrected chi connectivity index (χ4v) is 7.49. The van der Waals surface area contributed by atoms with Gasteiger partial charge in [-0.1, -0.05) is 5.16 Å². The highest BCUT2D eigenvalue weighted by atomic mass is 32.3. The van der Waals surface area contributed by atoms with Gasteiger partial charge in [0, 0.05) is 23.0 Å². The van der Waals surface area contributed by atoms with E-state index in [0.29, 0.717) is 22.8 Å². The summed E-state index contributed by atoms with van der Waals surface area (Å²) in [5.41, 5.74) is 9.32. The van der Waals surface area contributed by atoms with Crippen molar-refractivity contribution in [2.24, 2.45) is 16.3 Å². The van der Waals surface area contributed by atoms with Crippen LogP contribution in [-0.4, -0.2) is 92.8 Å². The summed E-state index contributed by atoms with van der Waals surface area (Å²) in [6.07, 6.45) is 2.45. The lowest BCUT2D eigenvalue weighted by Gasteiger charge is -2.50. The number of β-lactam (4-membered cyclic amide) rings is 1. The second-order valence-corrected chi connectivity index (χ2v) is 15.4. The second kappa shape index (κ2) is 11.9. The van der Waals surface area contributed by atoms with Crippen LogP contribution < -0.4 is 26.8 Å². The van der Waals surface area contributed by atoms with Gasteiger partial charge in [-0.3, -0.25) is 19.6 Å². The summed E-state index contributed by atoms with van der Waals surface area (Å²) in [6.45, 7) is 3.98. The Balaban J connectivity index is 1.16. The number of thiazole rings is 1. The van der Waals surface area contributed by atoms with Gasteiger partial charge < -0.3 is 36.8 Å². The van der Waals surface area contributed by atoms with Gasteiger partial charge in [0.15, 0.2) is 16.9 Å². The van der Waals surface area contributed by atoms with Crippen LogP contribution in [0.15, 0.2) is 28.7 Å². The minimum Gasteiger partial charge on any atom is -0.485 e. The lowest BCUT2D eigenvalue weighted by Crippen LogP contribution is -2.76. The van der Waals surface area contributed by atoms with Gasteiger partial charge in [-0.25, -0.2) is 9.78 Å². The third-order valence-corrected chi connectivity index (χ3v) is 10.7. The third-order valence-electron chi connectivity index (χ3n) is 9.67. The smallest absolute Gasteiger partial charge is 0.418 e. The van der Waals surface area contributed by atoms with Crippen molar-refractivity contribution in [1.29, 1.82) is 5.41 Å². The maximum atomic E-state index is 13.4. The number of nitrogen functional groups attached to an aromatic ring is 1. The van der Waals surface area contributed by atoms with Gasteiger partial charge in [-0.05, 0) is 82.1 Å². The quantitative estimate of drug-likeness (QED) is 0.0541. The number of ether oxygens (including phenoxy) is 1. The Morgan fingerprint density at radius 2 is 1.96 bits per heavy atom. The van der Waals surface area contributed by atoms with Gasteiger partial charge in [0.05, 0.1) is 5.54 Å². The Kier molecular flexibility index (Phi) is 8.38. The molecular formula is C29H36N8O10S2. The van der Waals surface area contributed by atoms with E-state index in [1.807, 2.05) is 6.07 Å².